The van der Waals surface area contributed by atoms with Crippen LogP contribution >= 0.6 is 27.3 Å². The van der Waals surface area contributed by atoms with Crippen LogP contribution in [0.4, 0.5) is 5.13 Å². The Balaban J connectivity index is 2.53. The second-order valence-corrected chi connectivity index (χ2v) is 7.36. The Morgan fingerprint density at radius 2 is 2.11 bits per heavy atom. The molecule has 0 unspecified atom stereocenters. The fourth-order valence-corrected chi connectivity index (χ4v) is 3.84. The highest BCUT2D eigenvalue weighted by Gasteiger charge is 2.22. The van der Waals surface area contributed by atoms with Gasteiger partial charge in [-0.25, -0.2) is 4.98 Å². The lowest BCUT2D eigenvalue weighted by atomic mass is 10.0. The van der Waals surface area contributed by atoms with Crippen LogP contribution in [-0.2, 0) is 4.74 Å². The van der Waals surface area contributed by atoms with E-state index in [1.54, 1.807) is 0 Å². The summed E-state index contributed by atoms with van der Waals surface area (Å²) in [5.41, 5.74) is 8.62. The molecule has 1 aromatic heterocycles. The third-order valence-electron chi connectivity index (χ3n) is 2.70. The molecule has 1 heterocycles. The van der Waals surface area contributed by atoms with Gasteiger partial charge in [-0.3, -0.25) is 0 Å². The largest absolute Gasteiger partial charge is 0.375 e. The molecule has 1 atom stereocenters. The van der Waals surface area contributed by atoms with Gasteiger partial charge in [-0.2, -0.15) is 0 Å². The van der Waals surface area contributed by atoms with Crippen molar-refractivity contribution in [3.63, 3.8) is 0 Å². The number of anilines is 1. The summed E-state index contributed by atoms with van der Waals surface area (Å²) in [6, 6.07) is 2.03. The van der Waals surface area contributed by atoms with Crippen LogP contribution in [-0.4, -0.2) is 10.6 Å². The van der Waals surface area contributed by atoms with Crippen LogP contribution in [0.1, 0.15) is 38.0 Å². The summed E-state index contributed by atoms with van der Waals surface area (Å²) < 4.78 is 7.99. The van der Waals surface area contributed by atoms with E-state index in [9.17, 15) is 0 Å². The molecule has 0 aliphatic carbocycles. The number of halogens is 1. The maximum atomic E-state index is 5.95. The van der Waals surface area contributed by atoms with E-state index in [2.05, 4.69) is 27.8 Å². The molecule has 0 bridgehead atoms. The maximum Gasteiger partial charge on any atom is 0.181 e. The first-order chi connectivity index (χ1) is 8.69. The highest BCUT2D eigenvalue weighted by molar-refractivity contribution is 9.10. The van der Waals surface area contributed by atoms with Crippen LogP contribution in [0.25, 0.3) is 10.2 Å². The molecular formula is C14H18BrN2OS. The van der Waals surface area contributed by atoms with Crippen molar-refractivity contribution in [2.24, 2.45) is 0 Å². The number of nitrogen functional groups attached to an aromatic ring is 1. The van der Waals surface area contributed by atoms with Crippen LogP contribution in [0.3, 0.4) is 0 Å². The number of rotatable bonds is 2. The highest BCUT2D eigenvalue weighted by Crippen LogP contribution is 2.39. The van der Waals surface area contributed by atoms with Gasteiger partial charge in [0.15, 0.2) is 5.13 Å². The molecule has 1 aromatic carbocycles. The highest BCUT2D eigenvalue weighted by atomic mass is 79.9. The predicted molar refractivity (Wildman–Crippen MR) is 85.4 cm³/mol. The van der Waals surface area contributed by atoms with Crippen LogP contribution < -0.4 is 5.73 Å². The van der Waals surface area contributed by atoms with Crippen molar-refractivity contribution in [1.82, 2.24) is 4.98 Å². The SMILES string of the molecule is [CH2][C@H](OC(C)(C)C)c1c(C)cc2nc(N)sc2c1Br. The van der Waals surface area contributed by atoms with E-state index in [-0.39, 0.29) is 11.7 Å². The second kappa shape index (κ2) is 5.04. The van der Waals surface area contributed by atoms with Gasteiger partial charge >= 0.3 is 0 Å². The van der Waals surface area contributed by atoms with Crippen LogP contribution in [0.15, 0.2) is 10.5 Å². The summed E-state index contributed by atoms with van der Waals surface area (Å²) in [6.45, 7) is 12.2. The lowest BCUT2D eigenvalue weighted by molar-refractivity contribution is -0.0413. The maximum absolute atomic E-state index is 5.95. The molecule has 2 rings (SSSR count). The Hall–Kier alpha value is -0.650. The first-order valence-electron chi connectivity index (χ1n) is 6.05. The number of aryl methyl sites for hydroxylation is 1. The summed E-state index contributed by atoms with van der Waals surface area (Å²) in [5, 5.41) is 0.574. The molecule has 0 saturated heterocycles. The molecule has 0 saturated carbocycles. The predicted octanol–water partition coefficient (Wildman–Crippen LogP) is 4.64. The van der Waals surface area contributed by atoms with E-state index < -0.39 is 0 Å². The van der Waals surface area contributed by atoms with Gasteiger partial charge in [0.05, 0.1) is 21.9 Å². The number of aromatic nitrogens is 1. The smallest absolute Gasteiger partial charge is 0.181 e. The first kappa shape index (κ1) is 14.8. The third kappa shape index (κ3) is 3.09. The normalized spacial score (nSPS) is 14.0. The van der Waals surface area contributed by atoms with Crippen molar-refractivity contribution in [2.75, 3.05) is 5.73 Å². The molecule has 0 aliphatic heterocycles. The van der Waals surface area contributed by atoms with Gasteiger partial charge in [-0.15, -0.1) is 0 Å². The number of benzene rings is 1. The fourth-order valence-electron chi connectivity index (χ4n) is 2.06. The Morgan fingerprint density at radius 3 is 2.68 bits per heavy atom. The molecule has 0 amide bonds. The number of fused-ring (bicyclic) bond motifs is 1. The summed E-state index contributed by atoms with van der Waals surface area (Å²) in [6.07, 6.45) is -0.234. The van der Waals surface area contributed by atoms with Gasteiger partial charge in [0.1, 0.15) is 0 Å². The molecule has 2 N–H and O–H groups in total. The van der Waals surface area contributed by atoms with Crippen molar-refractivity contribution in [3.05, 3.63) is 28.6 Å². The summed E-state index contributed by atoms with van der Waals surface area (Å²) in [7, 11) is 0. The molecule has 5 heteroatoms. The van der Waals surface area contributed by atoms with Crippen LogP contribution in [0.2, 0.25) is 0 Å². The van der Waals surface area contributed by atoms with E-state index in [0.717, 1.165) is 25.8 Å². The average Bonchev–Trinajstić information content (AvgIpc) is 2.55. The Labute approximate surface area is 126 Å². The van der Waals surface area contributed by atoms with E-state index in [0.29, 0.717) is 5.13 Å². The zero-order valence-corrected chi connectivity index (χ0v) is 14.0. The Morgan fingerprint density at radius 1 is 1.47 bits per heavy atom. The lowest BCUT2D eigenvalue weighted by Crippen LogP contribution is -2.22. The van der Waals surface area contributed by atoms with Gasteiger partial charge in [-0.05, 0) is 67.7 Å². The number of ether oxygens (including phenoxy) is 1. The molecule has 0 aliphatic rings. The molecule has 0 fully saturated rings. The molecule has 0 spiro atoms. The minimum Gasteiger partial charge on any atom is -0.375 e. The number of nitrogens with zero attached hydrogens (tertiary/aromatic N) is 1. The summed E-state index contributed by atoms with van der Waals surface area (Å²) in [5.74, 6) is 0. The topological polar surface area (TPSA) is 48.1 Å². The zero-order chi connectivity index (χ0) is 14.4. The monoisotopic (exact) mass is 341 g/mol. The van der Waals surface area contributed by atoms with E-state index in [1.165, 1.54) is 11.3 Å². The molecule has 103 valence electrons. The van der Waals surface area contributed by atoms with Crippen LogP contribution in [0, 0.1) is 13.8 Å². The fraction of sp³-hybridized carbons (Fsp3) is 0.429. The zero-order valence-electron chi connectivity index (χ0n) is 11.6. The number of hydrogen-bond acceptors (Lipinski definition) is 4. The quantitative estimate of drug-likeness (QED) is 0.865. The van der Waals surface area contributed by atoms with E-state index >= 15 is 0 Å². The lowest BCUT2D eigenvalue weighted by Gasteiger charge is -2.27. The van der Waals surface area contributed by atoms with Crippen LogP contribution in [0.5, 0.6) is 0 Å². The van der Waals surface area contributed by atoms with Crippen molar-refractivity contribution < 1.29 is 4.74 Å². The molecule has 2 aromatic rings. The Bertz CT molecular complexity index is 616. The third-order valence-corrected chi connectivity index (χ3v) is 4.71. The van der Waals surface area contributed by atoms with E-state index in [1.807, 2.05) is 33.8 Å². The molecule has 1 radical (unpaired) electrons. The number of nitrogens with two attached hydrogens (primary N) is 1. The molecule has 3 nitrogen and oxygen atoms in total. The van der Waals surface area contributed by atoms with Gasteiger partial charge in [-0.1, -0.05) is 11.3 Å². The standard InChI is InChI=1S/C14H18BrN2OS/c1-7-6-9-12(19-13(16)17-9)11(15)10(7)8(2)18-14(3,4)5/h6,8H,2H2,1,3-5H3,(H2,16,17)/t8-/m0/s1. The van der Waals surface area contributed by atoms with Gasteiger partial charge in [0, 0.05) is 4.47 Å². The van der Waals surface area contributed by atoms with Crippen molar-refractivity contribution in [3.8, 4) is 0 Å². The Kier molecular flexibility index (Phi) is 3.91. The van der Waals surface area contributed by atoms with Crippen molar-refractivity contribution in [2.45, 2.75) is 39.4 Å². The minimum atomic E-state index is -0.236. The van der Waals surface area contributed by atoms with E-state index in [4.69, 9.17) is 10.5 Å². The number of hydrogen-bond donors (Lipinski definition) is 1. The van der Waals surface area contributed by atoms with Gasteiger partial charge in [0.2, 0.25) is 0 Å². The minimum absolute atomic E-state index is 0.234. The second-order valence-electron chi connectivity index (χ2n) is 5.54. The first-order valence-corrected chi connectivity index (χ1v) is 7.66. The molecular weight excluding hydrogens is 324 g/mol. The number of thiazole rings is 1. The van der Waals surface area contributed by atoms with Crippen molar-refractivity contribution >= 4 is 42.6 Å². The van der Waals surface area contributed by atoms with Gasteiger partial charge in [0.25, 0.3) is 0 Å². The average molecular weight is 342 g/mol. The molecule has 19 heavy (non-hydrogen) atoms. The summed E-state index contributed by atoms with van der Waals surface area (Å²) >= 11 is 5.12. The van der Waals surface area contributed by atoms with Gasteiger partial charge < -0.3 is 10.5 Å². The summed E-state index contributed by atoms with van der Waals surface area (Å²) in [4.78, 5) is 4.31. The van der Waals surface area contributed by atoms with Crippen molar-refractivity contribution in [1.29, 1.82) is 0 Å².